The first-order valence-electron chi connectivity index (χ1n) is 7.09. The molecule has 1 aromatic carbocycles. The van der Waals surface area contributed by atoms with Crippen LogP contribution in [0.4, 0.5) is 0 Å². The number of hydrogen-bond acceptors (Lipinski definition) is 4. The Hall–Kier alpha value is -0.580. The standard InChI is InChI=1S/C15H20ClNO2S/c1-15(3-2-6-20-15)10-17-9-11-7-12(16)14-13(8-11)18-4-5-19-14/h7-8,17H,2-6,9-10H2,1H3. The van der Waals surface area contributed by atoms with Gasteiger partial charge in [-0.1, -0.05) is 11.6 Å². The van der Waals surface area contributed by atoms with Crippen LogP contribution in [0.25, 0.3) is 0 Å². The lowest BCUT2D eigenvalue weighted by Crippen LogP contribution is -2.32. The Morgan fingerprint density at radius 3 is 3.00 bits per heavy atom. The second kappa shape index (κ2) is 6.04. The molecule has 2 heterocycles. The Morgan fingerprint density at radius 2 is 2.20 bits per heavy atom. The zero-order chi connectivity index (χ0) is 14.0. The van der Waals surface area contributed by atoms with Crippen LogP contribution in [0.3, 0.4) is 0 Å². The molecule has 1 fully saturated rings. The SMILES string of the molecule is CC1(CNCc2cc(Cl)c3c(c2)OCCO3)CCCS1. The van der Waals surface area contributed by atoms with Crippen molar-refractivity contribution < 1.29 is 9.47 Å². The van der Waals surface area contributed by atoms with E-state index in [1.54, 1.807) is 0 Å². The van der Waals surface area contributed by atoms with Crippen molar-refractivity contribution in [2.45, 2.75) is 31.1 Å². The predicted octanol–water partition coefficient (Wildman–Crippen LogP) is 3.49. The van der Waals surface area contributed by atoms with E-state index < -0.39 is 0 Å². The molecule has 0 spiro atoms. The number of ether oxygens (including phenoxy) is 2. The maximum absolute atomic E-state index is 6.24. The quantitative estimate of drug-likeness (QED) is 0.922. The van der Waals surface area contributed by atoms with Crippen LogP contribution in [0.15, 0.2) is 12.1 Å². The van der Waals surface area contributed by atoms with Crippen LogP contribution in [0, 0.1) is 0 Å². The highest BCUT2D eigenvalue weighted by Gasteiger charge is 2.28. The monoisotopic (exact) mass is 313 g/mol. The van der Waals surface area contributed by atoms with Crippen LogP contribution < -0.4 is 14.8 Å². The summed E-state index contributed by atoms with van der Waals surface area (Å²) in [7, 11) is 0. The molecule has 0 aliphatic carbocycles. The van der Waals surface area contributed by atoms with Crippen molar-refractivity contribution in [3.8, 4) is 11.5 Å². The van der Waals surface area contributed by atoms with Crippen molar-refractivity contribution >= 4 is 23.4 Å². The normalized spacial score (nSPS) is 24.9. The van der Waals surface area contributed by atoms with Gasteiger partial charge in [-0.05, 0) is 43.2 Å². The van der Waals surface area contributed by atoms with Crippen molar-refractivity contribution in [2.75, 3.05) is 25.5 Å². The Labute approximate surface area is 129 Å². The van der Waals surface area contributed by atoms with E-state index in [2.05, 4.69) is 24.0 Å². The fraction of sp³-hybridized carbons (Fsp3) is 0.600. The van der Waals surface area contributed by atoms with Crippen molar-refractivity contribution in [2.24, 2.45) is 0 Å². The van der Waals surface area contributed by atoms with Gasteiger partial charge in [-0.3, -0.25) is 0 Å². The van der Waals surface area contributed by atoms with E-state index >= 15 is 0 Å². The first kappa shape index (κ1) is 14.4. The number of fused-ring (bicyclic) bond motifs is 1. The lowest BCUT2D eigenvalue weighted by Gasteiger charge is -2.24. The summed E-state index contributed by atoms with van der Waals surface area (Å²) >= 11 is 8.32. The molecule has 110 valence electrons. The summed E-state index contributed by atoms with van der Waals surface area (Å²) in [5, 5.41) is 4.18. The van der Waals surface area contributed by atoms with Gasteiger partial charge in [0.15, 0.2) is 11.5 Å². The first-order chi connectivity index (χ1) is 9.66. The Morgan fingerprint density at radius 1 is 1.35 bits per heavy atom. The van der Waals surface area contributed by atoms with Crippen LogP contribution in [0.2, 0.25) is 5.02 Å². The van der Waals surface area contributed by atoms with Gasteiger partial charge in [-0.25, -0.2) is 0 Å². The largest absolute Gasteiger partial charge is 0.486 e. The van der Waals surface area contributed by atoms with Crippen LogP contribution >= 0.6 is 23.4 Å². The van der Waals surface area contributed by atoms with Crippen LogP contribution in [-0.4, -0.2) is 30.3 Å². The molecule has 3 nitrogen and oxygen atoms in total. The van der Waals surface area contributed by atoms with Gasteiger partial charge in [-0.15, -0.1) is 0 Å². The van der Waals surface area contributed by atoms with Gasteiger partial charge in [-0.2, -0.15) is 11.8 Å². The van der Waals surface area contributed by atoms with Gasteiger partial charge in [0.2, 0.25) is 0 Å². The molecule has 1 unspecified atom stereocenters. The first-order valence-corrected chi connectivity index (χ1v) is 8.45. The topological polar surface area (TPSA) is 30.5 Å². The Balaban J connectivity index is 1.61. The molecule has 3 rings (SSSR count). The Kier molecular flexibility index (Phi) is 4.34. The molecule has 0 radical (unpaired) electrons. The minimum Gasteiger partial charge on any atom is -0.486 e. The minimum absolute atomic E-state index is 0.387. The Bertz CT molecular complexity index is 489. The molecule has 0 bridgehead atoms. The molecule has 1 saturated heterocycles. The fourth-order valence-corrected chi connectivity index (χ4v) is 4.28. The third-order valence-corrected chi connectivity index (χ3v) is 5.60. The average molecular weight is 314 g/mol. The molecular weight excluding hydrogens is 294 g/mol. The highest BCUT2D eigenvalue weighted by molar-refractivity contribution is 8.00. The van der Waals surface area contributed by atoms with E-state index in [-0.39, 0.29) is 0 Å². The van der Waals surface area contributed by atoms with E-state index in [1.807, 2.05) is 12.1 Å². The van der Waals surface area contributed by atoms with Crippen LogP contribution in [0.1, 0.15) is 25.3 Å². The van der Waals surface area contributed by atoms with Gasteiger partial charge >= 0.3 is 0 Å². The number of benzene rings is 1. The van der Waals surface area contributed by atoms with E-state index in [9.17, 15) is 0 Å². The molecule has 0 saturated carbocycles. The maximum Gasteiger partial charge on any atom is 0.179 e. The number of halogens is 1. The van der Waals surface area contributed by atoms with E-state index in [1.165, 1.54) is 18.6 Å². The van der Waals surface area contributed by atoms with Gasteiger partial charge in [0.25, 0.3) is 0 Å². The maximum atomic E-state index is 6.24. The molecule has 20 heavy (non-hydrogen) atoms. The molecule has 0 aromatic heterocycles. The average Bonchev–Trinajstić information content (AvgIpc) is 2.86. The van der Waals surface area contributed by atoms with Gasteiger partial charge in [0, 0.05) is 17.8 Å². The van der Waals surface area contributed by atoms with Crippen LogP contribution in [-0.2, 0) is 6.54 Å². The van der Waals surface area contributed by atoms with Crippen molar-refractivity contribution in [3.63, 3.8) is 0 Å². The van der Waals surface area contributed by atoms with E-state index in [4.69, 9.17) is 21.1 Å². The van der Waals surface area contributed by atoms with Crippen molar-refractivity contribution in [1.29, 1.82) is 0 Å². The van der Waals surface area contributed by atoms with E-state index in [0.29, 0.717) is 28.7 Å². The summed E-state index contributed by atoms with van der Waals surface area (Å²) in [6.45, 7) is 5.35. The third-order valence-electron chi connectivity index (χ3n) is 3.79. The molecule has 5 heteroatoms. The smallest absolute Gasteiger partial charge is 0.179 e. The van der Waals surface area contributed by atoms with Crippen molar-refractivity contribution in [3.05, 3.63) is 22.7 Å². The summed E-state index contributed by atoms with van der Waals surface area (Å²) in [6.07, 6.45) is 2.63. The number of thioether (sulfide) groups is 1. The molecule has 2 aliphatic heterocycles. The minimum atomic E-state index is 0.387. The zero-order valence-corrected chi connectivity index (χ0v) is 13.3. The summed E-state index contributed by atoms with van der Waals surface area (Å²) in [5.74, 6) is 2.73. The molecular formula is C15H20ClNO2S. The second-order valence-electron chi connectivity index (χ2n) is 5.61. The molecule has 0 amide bonds. The summed E-state index contributed by atoms with van der Waals surface area (Å²) in [6, 6.07) is 3.99. The summed E-state index contributed by atoms with van der Waals surface area (Å²) in [5.41, 5.74) is 1.14. The molecule has 2 aliphatic rings. The predicted molar refractivity (Wildman–Crippen MR) is 84.2 cm³/mol. The fourth-order valence-electron chi connectivity index (χ4n) is 2.71. The second-order valence-corrected chi connectivity index (χ2v) is 7.70. The highest BCUT2D eigenvalue weighted by Crippen LogP contribution is 2.39. The number of hydrogen-bond donors (Lipinski definition) is 1. The van der Waals surface area contributed by atoms with Gasteiger partial charge in [0.1, 0.15) is 13.2 Å². The molecule has 1 N–H and O–H groups in total. The summed E-state index contributed by atoms with van der Waals surface area (Å²) in [4.78, 5) is 0. The highest BCUT2D eigenvalue weighted by atomic mass is 35.5. The third kappa shape index (κ3) is 3.18. The molecule has 1 aromatic rings. The van der Waals surface area contributed by atoms with Crippen molar-refractivity contribution in [1.82, 2.24) is 5.32 Å². The van der Waals surface area contributed by atoms with Crippen LogP contribution in [0.5, 0.6) is 11.5 Å². The van der Waals surface area contributed by atoms with Gasteiger partial charge < -0.3 is 14.8 Å². The number of rotatable bonds is 4. The summed E-state index contributed by atoms with van der Waals surface area (Å²) < 4.78 is 11.5. The van der Waals surface area contributed by atoms with Gasteiger partial charge in [0.05, 0.1) is 5.02 Å². The molecule has 1 atom stereocenters. The zero-order valence-electron chi connectivity index (χ0n) is 11.7. The lowest BCUT2D eigenvalue weighted by atomic mass is 10.1. The lowest BCUT2D eigenvalue weighted by molar-refractivity contribution is 0.171. The number of nitrogens with one attached hydrogen (secondary N) is 1. The van der Waals surface area contributed by atoms with E-state index in [0.717, 1.165) is 24.4 Å².